The van der Waals surface area contributed by atoms with Gasteiger partial charge in [-0.05, 0) is 26.8 Å². The molecule has 4 nitrogen and oxygen atoms in total. The minimum Gasteiger partial charge on any atom is -0.496 e. The second-order valence-electron chi connectivity index (χ2n) is 4.78. The highest BCUT2D eigenvalue weighted by atomic mass is 16.5. The molecule has 2 aromatic rings. The first-order valence-corrected chi connectivity index (χ1v) is 6.40. The lowest BCUT2D eigenvalue weighted by atomic mass is 10.0. The van der Waals surface area contributed by atoms with Crippen molar-refractivity contribution < 1.29 is 9.26 Å². The number of nitrogens with one attached hydrogen (secondary N) is 1. The fourth-order valence-corrected chi connectivity index (χ4v) is 2.06. The number of rotatable bonds is 5. The normalized spacial score (nSPS) is 12.4. The fraction of sp³-hybridized carbons (Fsp3) is 0.400. The van der Waals surface area contributed by atoms with Crippen LogP contribution in [-0.4, -0.2) is 12.3 Å². The molecule has 0 aliphatic heterocycles. The van der Waals surface area contributed by atoms with Crippen molar-refractivity contribution in [1.29, 1.82) is 0 Å². The molecule has 2 rings (SSSR count). The van der Waals surface area contributed by atoms with Crippen molar-refractivity contribution in [2.75, 3.05) is 7.11 Å². The van der Waals surface area contributed by atoms with E-state index in [0.717, 1.165) is 22.8 Å². The number of aryl methyl sites for hydroxylation is 2. The van der Waals surface area contributed by atoms with Gasteiger partial charge in [-0.3, -0.25) is 0 Å². The highest BCUT2D eigenvalue weighted by Gasteiger charge is 2.12. The Kier molecular flexibility index (Phi) is 4.22. The summed E-state index contributed by atoms with van der Waals surface area (Å²) in [5, 5.41) is 7.40. The number of ether oxygens (including phenoxy) is 1. The summed E-state index contributed by atoms with van der Waals surface area (Å²) < 4.78 is 10.5. The van der Waals surface area contributed by atoms with E-state index in [1.54, 1.807) is 7.11 Å². The molecule has 1 heterocycles. The summed E-state index contributed by atoms with van der Waals surface area (Å²) in [6, 6.07) is 8.32. The molecule has 0 saturated carbocycles. The SMILES string of the molecule is COc1ccc(C)cc1C(C)NCc1cc(C)on1. The number of hydrogen-bond acceptors (Lipinski definition) is 4. The zero-order valence-electron chi connectivity index (χ0n) is 11.9. The first kappa shape index (κ1) is 13.6. The predicted molar refractivity (Wildman–Crippen MR) is 74.2 cm³/mol. The van der Waals surface area contributed by atoms with Gasteiger partial charge >= 0.3 is 0 Å². The molecule has 1 N–H and O–H groups in total. The lowest BCUT2D eigenvalue weighted by Crippen LogP contribution is -2.19. The number of methoxy groups -OCH3 is 1. The van der Waals surface area contributed by atoms with E-state index in [1.807, 2.05) is 19.1 Å². The topological polar surface area (TPSA) is 47.3 Å². The molecule has 0 aliphatic rings. The van der Waals surface area contributed by atoms with Crippen molar-refractivity contribution in [2.45, 2.75) is 33.4 Å². The molecule has 0 saturated heterocycles. The van der Waals surface area contributed by atoms with Crippen LogP contribution in [0.25, 0.3) is 0 Å². The lowest BCUT2D eigenvalue weighted by molar-refractivity contribution is 0.383. The number of aromatic nitrogens is 1. The van der Waals surface area contributed by atoms with Crippen LogP contribution in [0.1, 0.15) is 35.5 Å². The van der Waals surface area contributed by atoms with Crippen LogP contribution in [0.2, 0.25) is 0 Å². The van der Waals surface area contributed by atoms with Crippen LogP contribution < -0.4 is 10.1 Å². The van der Waals surface area contributed by atoms with Gasteiger partial charge in [0.25, 0.3) is 0 Å². The van der Waals surface area contributed by atoms with E-state index in [4.69, 9.17) is 9.26 Å². The average Bonchev–Trinajstić information content (AvgIpc) is 2.81. The quantitative estimate of drug-likeness (QED) is 0.897. The van der Waals surface area contributed by atoms with E-state index in [-0.39, 0.29) is 6.04 Å². The highest BCUT2D eigenvalue weighted by Crippen LogP contribution is 2.26. The van der Waals surface area contributed by atoms with Gasteiger partial charge < -0.3 is 14.6 Å². The minimum atomic E-state index is 0.187. The van der Waals surface area contributed by atoms with Crippen LogP contribution in [0.4, 0.5) is 0 Å². The van der Waals surface area contributed by atoms with Crippen molar-refractivity contribution >= 4 is 0 Å². The fourth-order valence-electron chi connectivity index (χ4n) is 2.06. The third-order valence-corrected chi connectivity index (χ3v) is 3.12. The second-order valence-corrected chi connectivity index (χ2v) is 4.78. The van der Waals surface area contributed by atoms with Crippen LogP contribution in [0.3, 0.4) is 0 Å². The van der Waals surface area contributed by atoms with Gasteiger partial charge in [0.15, 0.2) is 0 Å². The lowest BCUT2D eigenvalue weighted by Gasteiger charge is -2.17. The number of benzene rings is 1. The summed E-state index contributed by atoms with van der Waals surface area (Å²) in [5.41, 5.74) is 3.29. The Hall–Kier alpha value is -1.81. The smallest absolute Gasteiger partial charge is 0.133 e. The van der Waals surface area contributed by atoms with Crippen LogP contribution in [-0.2, 0) is 6.54 Å². The molecular weight excluding hydrogens is 240 g/mol. The first-order valence-electron chi connectivity index (χ1n) is 6.40. The van der Waals surface area contributed by atoms with Gasteiger partial charge in [-0.15, -0.1) is 0 Å². The Bertz CT molecular complexity index is 549. The van der Waals surface area contributed by atoms with E-state index in [0.29, 0.717) is 6.54 Å². The maximum absolute atomic E-state index is 5.40. The summed E-state index contributed by atoms with van der Waals surface area (Å²) in [5.74, 6) is 1.74. The molecule has 0 fully saturated rings. The van der Waals surface area contributed by atoms with E-state index in [1.165, 1.54) is 5.56 Å². The largest absolute Gasteiger partial charge is 0.496 e. The molecule has 0 bridgehead atoms. The monoisotopic (exact) mass is 260 g/mol. The van der Waals surface area contributed by atoms with Crippen molar-refractivity contribution in [1.82, 2.24) is 10.5 Å². The molecule has 1 aromatic heterocycles. The zero-order chi connectivity index (χ0) is 13.8. The maximum atomic E-state index is 5.40. The van der Waals surface area contributed by atoms with Crippen molar-refractivity contribution in [3.05, 3.63) is 46.8 Å². The molecule has 0 radical (unpaired) electrons. The molecule has 1 atom stereocenters. The standard InChI is InChI=1S/C15H20N2O2/c1-10-5-6-15(18-4)14(7-10)12(3)16-9-13-8-11(2)19-17-13/h5-8,12,16H,9H2,1-4H3. The molecule has 4 heteroatoms. The Labute approximate surface area is 113 Å². The molecular formula is C15H20N2O2. The van der Waals surface area contributed by atoms with Gasteiger partial charge in [0.2, 0.25) is 0 Å². The van der Waals surface area contributed by atoms with E-state index >= 15 is 0 Å². The Balaban J connectivity index is 2.06. The summed E-state index contributed by atoms with van der Waals surface area (Å²) in [4.78, 5) is 0. The molecule has 0 spiro atoms. The Morgan fingerprint density at radius 2 is 2.11 bits per heavy atom. The van der Waals surface area contributed by atoms with E-state index in [2.05, 4.69) is 36.5 Å². The van der Waals surface area contributed by atoms with Gasteiger partial charge in [-0.2, -0.15) is 0 Å². The summed E-state index contributed by atoms with van der Waals surface area (Å²) in [7, 11) is 1.70. The molecule has 0 amide bonds. The maximum Gasteiger partial charge on any atom is 0.133 e. The first-order chi connectivity index (χ1) is 9.10. The highest BCUT2D eigenvalue weighted by molar-refractivity contribution is 5.38. The van der Waals surface area contributed by atoms with Gasteiger partial charge in [0, 0.05) is 24.2 Å². The third kappa shape index (κ3) is 3.35. The van der Waals surface area contributed by atoms with Gasteiger partial charge in [0.05, 0.1) is 12.8 Å². The van der Waals surface area contributed by atoms with Gasteiger partial charge in [-0.25, -0.2) is 0 Å². The minimum absolute atomic E-state index is 0.187. The van der Waals surface area contributed by atoms with E-state index < -0.39 is 0 Å². The zero-order valence-corrected chi connectivity index (χ0v) is 11.9. The van der Waals surface area contributed by atoms with Crippen molar-refractivity contribution in [3.8, 4) is 5.75 Å². The summed E-state index contributed by atoms with van der Waals surface area (Å²) in [6.45, 7) is 6.76. The van der Waals surface area contributed by atoms with Crippen LogP contribution in [0, 0.1) is 13.8 Å². The summed E-state index contributed by atoms with van der Waals surface area (Å²) >= 11 is 0. The summed E-state index contributed by atoms with van der Waals surface area (Å²) in [6.07, 6.45) is 0. The van der Waals surface area contributed by atoms with Crippen molar-refractivity contribution in [2.24, 2.45) is 0 Å². The number of nitrogens with zero attached hydrogens (tertiary/aromatic N) is 1. The molecule has 1 unspecified atom stereocenters. The molecule has 0 aliphatic carbocycles. The van der Waals surface area contributed by atoms with Crippen LogP contribution in [0.5, 0.6) is 5.75 Å². The van der Waals surface area contributed by atoms with Crippen molar-refractivity contribution in [3.63, 3.8) is 0 Å². The van der Waals surface area contributed by atoms with Crippen LogP contribution in [0.15, 0.2) is 28.8 Å². The Morgan fingerprint density at radius 3 is 2.74 bits per heavy atom. The predicted octanol–water partition coefficient (Wildman–Crippen LogP) is 3.15. The van der Waals surface area contributed by atoms with Gasteiger partial charge in [0.1, 0.15) is 11.5 Å². The molecule has 19 heavy (non-hydrogen) atoms. The van der Waals surface area contributed by atoms with Gasteiger partial charge in [-0.1, -0.05) is 22.9 Å². The molecule has 1 aromatic carbocycles. The number of hydrogen-bond donors (Lipinski definition) is 1. The third-order valence-electron chi connectivity index (χ3n) is 3.12. The van der Waals surface area contributed by atoms with E-state index in [9.17, 15) is 0 Å². The molecule has 102 valence electrons. The van der Waals surface area contributed by atoms with Crippen LogP contribution >= 0.6 is 0 Å². The average molecular weight is 260 g/mol. The second kappa shape index (κ2) is 5.89. The Morgan fingerprint density at radius 1 is 1.32 bits per heavy atom.